The Bertz CT molecular complexity index is 1540. The number of rotatable bonds is 13. The Hall–Kier alpha value is -4.12. The molecule has 1 aromatic heterocycles. The first-order chi connectivity index (χ1) is 21.6. The van der Waals surface area contributed by atoms with E-state index >= 15 is 0 Å². The molecule has 1 aliphatic heterocycles. The molecule has 0 saturated carbocycles. The number of nitrogens with zero attached hydrogens (tertiary/aromatic N) is 2. The first-order valence-corrected chi connectivity index (χ1v) is 14.7. The number of fused-ring (bicyclic) bond motifs is 1. The van der Waals surface area contributed by atoms with Crippen molar-refractivity contribution in [1.29, 1.82) is 0 Å². The van der Waals surface area contributed by atoms with Gasteiger partial charge in [0.05, 0.1) is 50.2 Å². The van der Waals surface area contributed by atoms with Gasteiger partial charge in [0.15, 0.2) is 0 Å². The molecule has 0 aliphatic carbocycles. The Morgan fingerprint density at radius 3 is 2.52 bits per heavy atom. The van der Waals surface area contributed by atoms with Gasteiger partial charge in [-0.3, -0.25) is 9.59 Å². The van der Waals surface area contributed by atoms with Crippen LogP contribution in [-0.4, -0.2) is 92.2 Å². The lowest BCUT2D eigenvalue weighted by Gasteiger charge is -2.32. The number of aliphatic carboxylic acids is 1. The van der Waals surface area contributed by atoms with Crippen LogP contribution in [0.3, 0.4) is 0 Å². The van der Waals surface area contributed by atoms with E-state index < -0.39 is 18.7 Å². The molecule has 1 fully saturated rings. The molecule has 4 rings (SSSR count). The molecule has 1 aliphatic rings. The van der Waals surface area contributed by atoms with Gasteiger partial charge >= 0.3 is 12.1 Å². The molecule has 1 amide bonds. The van der Waals surface area contributed by atoms with E-state index in [0.717, 1.165) is 31.6 Å². The fourth-order valence-electron chi connectivity index (χ4n) is 5.24. The zero-order chi connectivity index (χ0) is 32.4. The van der Waals surface area contributed by atoms with E-state index in [1.54, 1.807) is 36.4 Å². The van der Waals surface area contributed by atoms with E-state index in [2.05, 4.69) is 32.7 Å². The van der Waals surface area contributed by atoms with E-state index in [0.29, 0.717) is 41.1 Å². The molecule has 0 radical (unpaired) electrons. The highest BCUT2D eigenvalue weighted by atomic mass is 35.5. The van der Waals surface area contributed by atoms with E-state index in [1.165, 1.54) is 18.7 Å². The fraction of sp³-hybridized carbons (Fsp3) is 0.438. The molecule has 4 N–H and O–H groups in total. The summed E-state index contributed by atoms with van der Waals surface area (Å²) >= 11 is 0. The van der Waals surface area contributed by atoms with Gasteiger partial charge in [0.2, 0.25) is 0 Å². The van der Waals surface area contributed by atoms with Gasteiger partial charge in [-0.1, -0.05) is 12.0 Å². The number of likely N-dealkylation sites (tertiary alicyclic amines) is 1. The highest BCUT2D eigenvalue weighted by molar-refractivity contribution is 5.95. The molecular formula is C32H39ClF3N5O5. The van der Waals surface area contributed by atoms with Crippen LogP contribution in [0, 0.1) is 11.8 Å². The summed E-state index contributed by atoms with van der Waals surface area (Å²) < 4.78 is 52.9. The van der Waals surface area contributed by atoms with Crippen molar-refractivity contribution in [2.75, 3.05) is 64.2 Å². The molecule has 0 bridgehead atoms. The van der Waals surface area contributed by atoms with Gasteiger partial charge in [-0.25, -0.2) is 0 Å². The molecule has 14 heteroatoms. The molecule has 0 unspecified atom stereocenters. The summed E-state index contributed by atoms with van der Waals surface area (Å²) in [6.07, 6.45) is -2.76. The summed E-state index contributed by atoms with van der Waals surface area (Å²) in [4.78, 5) is 24.8. The number of piperidine rings is 1. The van der Waals surface area contributed by atoms with Crippen molar-refractivity contribution in [3.05, 3.63) is 53.7 Å². The third-order valence-corrected chi connectivity index (χ3v) is 7.52. The number of ether oxygens (including phenoxy) is 2. The standard InChI is InChI=1S/C32H38F3N5O5.ClH/c1-36-31(43)22-8-9-27(29(19-22)44-2)37-13-4-5-24-20-25-26(6-3-7-28(25)40(24)21-32(33,34)35)38-23-10-14-39(15-11-23)16-18-45-17-12-30(41)42;/h3,6-9,19-20,23,37-38H,10-18,21H2,1-2H3,(H,36,43)(H,41,42);1H. The quantitative estimate of drug-likeness (QED) is 0.152. The maximum absolute atomic E-state index is 13.6. The van der Waals surface area contributed by atoms with Crippen LogP contribution in [0.4, 0.5) is 24.5 Å². The van der Waals surface area contributed by atoms with Crippen LogP contribution >= 0.6 is 12.4 Å². The maximum atomic E-state index is 13.6. The molecule has 0 spiro atoms. The predicted molar refractivity (Wildman–Crippen MR) is 173 cm³/mol. The number of carboxylic acids is 1. The monoisotopic (exact) mass is 665 g/mol. The average molecular weight is 666 g/mol. The van der Waals surface area contributed by atoms with Crippen molar-refractivity contribution in [2.45, 2.75) is 38.0 Å². The lowest BCUT2D eigenvalue weighted by Crippen LogP contribution is -2.40. The molecule has 10 nitrogen and oxygen atoms in total. The number of aromatic nitrogens is 1. The van der Waals surface area contributed by atoms with Crippen molar-refractivity contribution in [3.8, 4) is 17.6 Å². The van der Waals surface area contributed by atoms with Gasteiger partial charge in [0.1, 0.15) is 12.3 Å². The van der Waals surface area contributed by atoms with Crippen LogP contribution in [0.2, 0.25) is 0 Å². The minimum absolute atomic E-state index is 0. The SMILES string of the molecule is CNC(=O)c1ccc(NCC#Cc2cc3c(NC4CCN(CCOCCC(=O)O)CC4)cccc3n2CC(F)(F)F)c(OC)c1.Cl. The number of carbonyl (C=O) groups excluding carboxylic acids is 1. The van der Waals surface area contributed by atoms with Crippen LogP contribution in [0.25, 0.3) is 10.9 Å². The van der Waals surface area contributed by atoms with Gasteiger partial charge in [-0.15, -0.1) is 12.4 Å². The second-order valence-electron chi connectivity index (χ2n) is 10.6. The lowest BCUT2D eigenvalue weighted by atomic mass is 10.0. The number of carbonyl (C=O) groups is 2. The van der Waals surface area contributed by atoms with Gasteiger partial charge in [-0.2, -0.15) is 13.2 Å². The highest BCUT2D eigenvalue weighted by Gasteiger charge is 2.30. The van der Waals surface area contributed by atoms with Gasteiger partial charge in [0.25, 0.3) is 5.91 Å². The normalized spacial score (nSPS) is 13.8. The molecule has 2 aromatic carbocycles. The Balaban J connectivity index is 0.00000576. The third kappa shape index (κ3) is 10.2. The van der Waals surface area contributed by atoms with Crippen molar-refractivity contribution in [1.82, 2.24) is 14.8 Å². The first kappa shape index (κ1) is 36.3. The van der Waals surface area contributed by atoms with Crippen LogP contribution in [0.1, 0.15) is 35.3 Å². The number of hydrogen-bond donors (Lipinski definition) is 4. The maximum Gasteiger partial charge on any atom is 0.406 e. The Kier molecular flexibility index (Phi) is 13.4. The molecule has 3 aromatic rings. The van der Waals surface area contributed by atoms with E-state index in [4.69, 9.17) is 14.6 Å². The number of methoxy groups -OCH3 is 1. The molecule has 250 valence electrons. The molecule has 1 saturated heterocycles. The second-order valence-corrected chi connectivity index (χ2v) is 10.6. The molecule has 46 heavy (non-hydrogen) atoms. The summed E-state index contributed by atoms with van der Waals surface area (Å²) in [7, 11) is 3.01. The minimum atomic E-state index is -4.44. The largest absolute Gasteiger partial charge is 0.495 e. The van der Waals surface area contributed by atoms with Crippen molar-refractivity contribution >= 4 is 46.6 Å². The van der Waals surface area contributed by atoms with E-state index in [9.17, 15) is 22.8 Å². The number of halogens is 4. The fourth-order valence-corrected chi connectivity index (χ4v) is 5.24. The van der Waals surface area contributed by atoms with Crippen LogP contribution < -0.4 is 20.7 Å². The van der Waals surface area contributed by atoms with E-state index in [-0.39, 0.29) is 49.6 Å². The van der Waals surface area contributed by atoms with Crippen molar-refractivity contribution in [3.63, 3.8) is 0 Å². The smallest absolute Gasteiger partial charge is 0.406 e. The molecule has 2 heterocycles. The number of carboxylic acid groups (broad SMARTS) is 1. The summed E-state index contributed by atoms with van der Waals surface area (Å²) in [5.74, 6) is 5.13. The highest BCUT2D eigenvalue weighted by Crippen LogP contribution is 2.31. The summed E-state index contributed by atoms with van der Waals surface area (Å²) in [6, 6.07) is 12.0. The summed E-state index contributed by atoms with van der Waals surface area (Å²) in [5.41, 5.74) is 2.47. The number of benzene rings is 2. The Labute approximate surface area is 272 Å². The average Bonchev–Trinajstić information content (AvgIpc) is 3.35. The number of nitrogens with one attached hydrogen (secondary N) is 3. The predicted octanol–water partition coefficient (Wildman–Crippen LogP) is 4.82. The zero-order valence-corrected chi connectivity index (χ0v) is 26.5. The third-order valence-electron chi connectivity index (χ3n) is 7.52. The Morgan fingerprint density at radius 1 is 1.09 bits per heavy atom. The zero-order valence-electron chi connectivity index (χ0n) is 25.7. The van der Waals surface area contributed by atoms with Crippen molar-refractivity contribution < 1.29 is 37.3 Å². The summed E-state index contributed by atoms with van der Waals surface area (Å²) in [5, 5.41) is 18.6. The lowest BCUT2D eigenvalue weighted by molar-refractivity contribution is -0.140. The van der Waals surface area contributed by atoms with Gasteiger partial charge in [-0.05, 0) is 55.2 Å². The minimum Gasteiger partial charge on any atom is -0.495 e. The first-order valence-electron chi connectivity index (χ1n) is 14.7. The Morgan fingerprint density at radius 2 is 1.85 bits per heavy atom. The van der Waals surface area contributed by atoms with Crippen LogP contribution in [0.15, 0.2) is 42.5 Å². The van der Waals surface area contributed by atoms with Gasteiger partial charge < -0.3 is 40.0 Å². The number of anilines is 2. The number of amides is 1. The van der Waals surface area contributed by atoms with Crippen LogP contribution in [-0.2, 0) is 16.1 Å². The number of alkyl halides is 3. The van der Waals surface area contributed by atoms with Crippen molar-refractivity contribution in [2.24, 2.45) is 0 Å². The summed E-state index contributed by atoms with van der Waals surface area (Å²) in [6.45, 7) is 2.00. The van der Waals surface area contributed by atoms with Crippen LogP contribution in [0.5, 0.6) is 5.75 Å². The van der Waals surface area contributed by atoms with Gasteiger partial charge in [0, 0.05) is 49.4 Å². The van der Waals surface area contributed by atoms with E-state index in [1.807, 2.05) is 6.07 Å². The second kappa shape index (κ2) is 17.0. The number of hydrogen-bond acceptors (Lipinski definition) is 7. The molecular weight excluding hydrogens is 627 g/mol. The topological polar surface area (TPSA) is 117 Å². The molecule has 0 atom stereocenters.